The number of benzene rings is 1. The molecular weight excluding hydrogens is 303 g/mol. The van der Waals surface area contributed by atoms with Crippen LogP contribution in [-0.4, -0.2) is 5.11 Å². The van der Waals surface area contributed by atoms with Crippen LogP contribution in [0.5, 0.6) is 5.75 Å². The summed E-state index contributed by atoms with van der Waals surface area (Å²) in [6.45, 7) is 0. The molecule has 0 aliphatic heterocycles. The number of phenolic OH excluding ortho intramolecular Hbond substituents is 1. The summed E-state index contributed by atoms with van der Waals surface area (Å²) in [4.78, 5) is 0. The van der Waals surface area contributed by atoms with Crippen molar-refractivity contribution in [1.82, 2.24) is 0 Å². The Labute approximate surface area is 69.7 Å². The molecule has 0 aromatic heterocycles. The average Bonchev–Trinajstić information content (AvgIpc) is 1.80. The zero-order valence-electron chi connectivity index (χ0n) is 4.96. The molecule has 0 bridgehead atoms. The zero-order valence-corrected chi connectivity index (χ0v) is 10.5. The number of rotatable bonds is 0. The fourth-order valence-corrected chi connectivity index (χ4v) is 1.98. The van der Waals surface area contributed by atoms with Crippen LogP contribution >= 0.6 is 0 Å². The van der Waals surface area contributed by atoms with Crippen LogP contribution in [0.2, 0.25) is 0 Å². The van der Waals surface area contributed by atoms with Crippen molar-refractivity contribution in [3.63, 3.8) is 0 Å². The van der Waals surface area contributed by atoms with E-state index in [4.69, 9.17) is 10.8 Å². The second-order valence-corrected chi connectivity index (χ2v) is 4.85. The standard InChI is InChI=1S/C6H6NO.Hg/c7-5-1-3-6(8)4-2-5;/h1-3,8H,7H2;. The predicted molar refractivity (Wildman–Crippen MR) is 32.2 cm³/mol. The third-order valence-corrected chi connectivity index (χ3v) is 3.31. The van der Waals surface area contributed by atoms with Crippen LogP contribution in [-0.2, 0) is 26.1 Å². The van der Waals surface area contributed by atoms with Gasteiger partial charge in [-0.2, -0.15) is 0 Å². The molecule has 0 saturated heterocycles. The summed E-state index contributed by atoms with van der Waals surface area (Å²) >= 11 is 0.458. The van der Waals surface area contributed by atoms with Gasteiger partial charge in [-0.1, -0.05) is 0 Å². The first kappa shape index (κ1) is 6.87. The Morgan fingerprint density at radius 2 is 2.11 bits per heavy atom. The fraction of sp³-hybridized carbons (Fsp3) is 0. The quantitative estimate of drug-likeness (QED) is 0.407. The van der Waals surface area contributed by atoms with E-state index in [0.29, 0.717) is 31.9 Å². The van der Waals surface area contributed by atoms with Gasteiger partial charge in [-0.05, 0) is 0 Å². The van der Waals surface area contributed by atoms with E-state index in [1.807, 2.05) is 6.07 Å². The third-order valence-electron chi connectivity index (χ3n) is 1.10. The van der Waals surface area contributed by atoms with Gasteiger partial charge in [-0.3, -0.25) is 0 Å². The van der Waals surface area contributed by atoms with Crippen molar-refractivity contribution in [2.45, 2.75) is 0 Å². The molecule has 0 amide bonds. The summed E-state index contributed by atoms with van der Waals surface area (Å²) < 4.78 is 1.01. The monoisotopic (exact) mass is 310 g/mol. The molecule has 0 heterocycles. The number of phenols is 1. The van der Waals surface area contributed by atoms with Crippen molar-refractivity contribution in [2.24, 2.45) is 0 Å². The SMILES string of the molecule is Nc1ccc(O)[c]([Hg])c1. The van der Waals surface area contributed by atoms with E-state index >= 15 is 0 Å². The average molecular weight is 309 g/mol. The molecule has 1 aromatic carbocycles. The molecule has 0 unspecified atom stereocenters. The van der Waals surface area contributed by atoms with Gasteiger partial charge in [0.25, 0.3) is 0 Å². The molecule has 0 atom stereocenters. The van der Waals surface area contributed by atoms with Crippen molar-refractivity contribution in [3.8, 4) is 5.75 Å². The molecule has 43 valence electrons. The summed E-state index contributed by atoms with van der Waals surface area (Å²) in [7, 11) is 0. The van der Waals surface area contributed by atoms with Gasteiger partial charge in [0.2, 0.25) is 0 Å². The van der Waals surface area contributed by atoms with Gasteiger partial charge in [0, 0.05) is 0 Å². The van der Waals surface area contributed by atoms with Crippen LogP contribution < -0.4 is 8.81 Å². The van der Waals surface area contributed by atoms with Crippen LogP contribution in [0.3, 0.4) is 0 Å². The van der Waals surface area contributed by atoms with Crippen LogP contribution in [0.1, 0.15) is 0 Å². The van der Waals surface area contributed by atoms with Gasteiger partial charge in [0.05, 0.1) is 0 Å². The number of hydrogen-bond acceptors (Lipinski definition) is 2. The Morgan fingerprint density at radius 3 is 2.56 bits per heavy atom. The summed E-state index contributed by atoms with van der Waals surface area (Å²) in [5.74, 6) is 0.382. The molecule has 9 heavy (non-hydrogen) atoms. The third kappa shape index (κ3) is 1.58. The zero-order chi connectivity index (χ0) is 6.85. The molecule has 0 spiro atoms. The molecule has 0 radical (unpaired) electrons. The van der Waals surface area contributed by atoms with Crippen LogP contribution in [0, 0.1) is 0 Å². The van der Waals surface area contributed by atoms with Crippen LogP contribution in [0.4, 0.5) is 5.69 Å². The molecule has 3 N–H and O–H groups in total. The van der Waals surface area contributed by atoms with Crippen molar-refractivity contribution in [1.29, 1.82) is 0 Å². The predicted octanol–water partition coefficient (Wildman–Crippen LogP) is 0.147. The molecule has 0 saturated carbocycles. The fourth-order valence-electron chi connectivity index (χ4n) is 0.605. The maximum atomic E-state index is 9.04. The summed E-state index contributed by atoms with van der Waals surface area (Å²) in [5.41, 5.74) is 6.18. The first-order valence-corrected chi connectivity index (χ1v) is 5.35. The van der Waals surface area contributed by atoms with Gasteiger partial charge in [0.15, 0.2) is 0 Å². The Kier molecular flexibility index (Phi) is 1.95. The van der Waals surface area contributed by atoms with Gasteiger partial charge in [-0.15, -0.1) is 0 Å². The normalized spacial score (nSPS) is 9.56. The Bertz CT molecular complexity index is 224. The van der Waals surface area contributed by atoms with E-state index < -0.39 is 0 Å². The maximum absolute atomic E-state index is 9.04. The Hall–Kier alpha value is -0.245. The first-order chi connectivity index (χ1) is 4.20. The number of hydrogen-bond donors (Lipinski definition) is 2. The van der Waals surface area contributed by atoms with Crippen molar-refractivity contribution >= 4 is 8.76 Å². The van der Waals surface area contributed by atoms with E-state index in [9.17, 15) is 0 Å². The second-order valence-electron chi connectivity index (χ2n) is 1.89. The van der Waals surface area contributed by atoms with Crippen LogP contribution in [0.25, 0.3) is 0 Å². The Morgan fingerprint density at radius 1 is 1.44 bits per heavy atom. The topological polar surface area (TPSA) is 46.2 Å². The molecule has 3 heteroatoms. The molecule has 0 aliphatic carbocycles. The van der Waals surface area contributed by atoms with Crippen LogP contribution in [0.15, 0.2) is 18.2 Å². The van der Waals surface area contributed by atoms with Crippen molar-refractivity contribution in [3.05, 3.63) is 18.2 Å². The van der Waals surface area contributed by atoms with E-state index in [-0.39, 0.29) is 0 Å². The molecule has 0 aliphatic rings. The summed E-state index contributed by atoms with van der Waals surface area (Å²) in [6, 6.07) is 5.15. The molecule has 1 aromatic rings. The summed E-state index contributed by atoms with van der Waals surface area (Å²) in [5, 5.41) is 9.04. The second kappa shape index (κ2) is 2.56. The van der Waals surface area contributed by atoms with Gasteiger partial charge < -0.3 is 0 Å². The van der Waals surface area contributed by atoms with Gasteiger partial charge in [0.1, 0.15) is 0 Å². The molecule has 1 rings (SSSR count). The van der Waals surface area contributed by atoms with Crippen molar-refractivity contribution < 1.29 is 31.2 Å². The van der Waals surface area contributed by atoms with E-state index in [2.05, 4.69) is 0 Å². The number of nitrogen functional groups attached to an aromatic ring is 1. The molecule has 0 fully saturated rings. The van der Waals surface area contributed by atoms with E-state index in [1.54, 1.807) is 12.1 Å². The van der Waals surface area contributed by atoms with Gasteiger partial charge in [-0.25, -0.2) is 0 Å². The minimum absolute atomic E-state index is 0.382. The number of aromatic hydroxyl groups is 1. The molecular formula is C6H6HgNO. The van der Waals surface area contributed by atoms with E-state index in [1.165, 1.54) is 0 Å². The molecule has 2 nitrogen and oxygen atoms in total. The number of anilines is 1. The first-order valence-electron chi connectivity index (χ1n) is 2.60. The van der Waals surface area contributed by atoms with Gasteiger partial charge >= 0.3 is 69.7 Å². The summed E-state index contributed by atoms with van der Waals surface area (Å²) in [6.07, 6.45) is 0. The number of nitrogens with two attached hydrogens (primary N) is 1. The minimum atomic E-state index is 0.382. The van der Waals surface area contributed by atoms with Crippen molar-refractivity contribution in [2.75, 3.05) is 5.73 Å². The Balaban J connectivity index is 3.17. The van der Waals surface area contributed by atoms with E-state index in [0.717, 1.165) is 8.76 Å².